The van der Waals surface area contributed by atoms with Gasteiger partial charge in [-0.15, -0.1) is 56.7 Å². The molecule has 10 atom stereocenters. The molecular weight excluding hydrogens is 1350 g/mol. The predicted molar refractivity (Wildman–Crippen MR) is 344 cm³/mol. The first-order valence-corrected chi connectivity index (χ1v) is 33.9. The van der Waals surface area contributed by atoms with Crippen LogP contribution >= 0.6 is 56.7 Å². The van der Waals surface area contributed by atoms with Gasteiger partial charge in [0.25, 0.3) is 23.6 Å². The summed E-state index contributed by atoms with van der Waals surface area (Å²) in [5.41, 5.74) is -2.41. The predicted octanol–water partition coefficient (Wildman–Crippen LogP) is 3.88. The van der Waals surface area contributed by atoms with E-state index in [0.717, 1.165) is 56.7 Å². The first kappa shape index (κ1) is 67.2. The SMILES string of the molecule is CO/C(C)=C1/NC(=O)C(C(C)O)NC(=O)c2csc(n2)-c2cc(O)c(-c3nc(C(=O)NCCO)cs3)nc2-c2csc(n2)C2COC(=O)c3c4c5c(cccc5n3O)COC(=O)C(OC3CC(C)(O)C(N(C)C)C(C)O3)C(OC4)C(NC(=O)c3csc1n3)c1nc(cs1)C(=O)N2. The number of nitrogens with one attached hydrogen (secondary N) is 5. The minimum absolute atomic E-state index is 0.00898. The summed E-state index contributed by atoms with van der Waals surface area (Å²) in [6, 6.07) is 0.758. The normalized spacial score (nSPS) is 24.4. The van der Waals surface area contributed by atoms with Crippen LogP contribution in [0.25, 0.3) is 49.3 Å². The Kier molecular flexibility index (Phi) is 19.2. The van der Waals surface area contributed by atoms with E-state index in [0.29, 0.717) is 10.3 Å². The summed E-state index contributed by atoms with van der Waals surface area (Å²) in [5, 5.41) is 77.3. The second kappa shape index (κ2) is 27.4. The van der Waals surface area contributed by atoms with Gasteiger partial charge in [0.2, 0.25) is 5.91 Å². The van der Waals surface area contributed by atoms with Gasteiger partial charge in [0.05, 0.1) is 49.7 Å². The standard InChI is InChI=1S/C60H61N13O18S5/c1-23(75)39-52(81)70-40(24(2)86-7)55-66-34(22-94-55)51(80)71-43-45-46(91-37-14-60(4,84)47(72(5)6)25(3)90-37)59(83)88-15-26-9-8-10-35-38(26)28(16-87-45)44(73(35)85)58(82)89-17-29(62-49(78)32-21-96-57(43)67-32)54-63-30(18-93-54)41-27(53-64-33(20-92-53)50(79)69-39)13-36(76)42(68-41)56-65-31(19-95-56)48(77)61-11-12-74/h8-10,13,18-23,25,29,37,39,43,45-47,74-76,84-85H,11-12,14-17H2,1-7H3,(H,61,77)(H,62,78)(H,69,79)(H,70,81)(H,71,80)/b40-24+. The summed E-state index contributed by atoms with van der Waals surface area (Å²) >= 11 is 4.61. The number of aromatic nitrogens is 7. The molecule has 96 heavy (non-hydrogen) atoms. The number of carbonyl (C=O) groups excluding carboxylic acids is 7. The molecule has 1 aromatic carbocycles. The molecule has 0 spiro atoms. The van der Waals surface area contributed by atoms with Gasteiger partial charge in [-0.05, 0) is 59.5 Å². The number of methoxy groups -OCH3 is 1. The number of likely N-dealkylation sites (N-methyl/N-ethyl adjacent to an activating group) is 1. The van der Waals surface area contributed by atoms with Crippen LogP contribution in [0.3, 0.4) is 0 Å². The number of benzene rings is 1. The molecule has 504 valence electrons. The van der Waals surface area contributed by atoms with Crippen molar-refractivity contribution in [3.05, 3.63) is 112 Å². The van der Waals surface area contributed by atoms with E-state index in [1.807, 2.05) is 0 Å². The van der Waals surface area contributed by atoms with Crippen molar-refractivity contribution >= 4 is 115 Å². The number of hydrogen-bond donors (Lipinski definition) is 10. The number of thiazole rings is 5. The summed E-state index contributed by atoms with van der Waals surface area (Å²) in [6.45, 7) is 3.90. The van der Waals surface area contributed by atoms with Gasteiger partial charge < -0.3 is 85.5 Å². The Morgan fingerprint density at radius 2 is 1.53 bits per heavy atom. The number of aliphatic hydroxyl groups excluding tert-OH is 2. The summed E-state index contributed by atoms with van der Waals surface area (Å²) in [6.07, 6.45) is -7.50. The third-order valence-electron chi connectivity index (χ3n) is 16.2. The minimum Gasteiger partial charge on any atom is -0.506 e. The molecule has 10 unspecified atom stereocenters. The maximum absolute atomic E-state index is 15.2. The molecule has 1 fully saturated rings. The Labute approximate surface area is 564 Å². The van der Waals surface area contributed by atoms with Crippen LogP contribution in [-0.4, -0.2) is 196 Å². The van der Waals surface area contributed by atoms with Crippen molar-refractivity contribution in [1.82, 2.24) is 66.1 Å². The maximum Gasteiger partial charge on any atom is 0.358 e. The number of rotatable bonds is 9. The zero-order valence-corrected chi connectivity index (χ0v) is 55.9. The molecule has 0 saturated carbocycles. The van der Waals surface area contributed by atoms with E-state index >= 15 is 14.4 Å². The van der Waals surface area contributed by atoms with Crippen LogP contribution in [0, 0.1) is 0 Å². The van der Waals surface area contributed by atoms with E-state index in [4.69, 9.17) is 43.4 Å². The van der Waals surface area contributed by atoms with E-state index in [1.165, 1.54) is 54.6 Å². The highest BCUT2D eigenvalue weighted by molar-refractivity contribution is 7.14. The molecule has 36 heteroatoms. The number of allylic oxidation sites excluding steroid dienone is 1. The van der Waals surface area contributed by atoms with Crippen LogP contribution in [0.5, 0.6) is 5.75 Å². The molecular formula is C60H61N13O18S5. The number of pyridine rings is 1. The number of aliphatic hydroxyl groups is 3. The van der Waals surface area contributed by atoms with Crippen molar-refractivity contribution in [2.24, 2.45) is 0 Å². The van der Waals surface area contributed by atoms with Gasteiger partial charge in [0.1, 0.15) is 120 Å². The molecule has 11 heterocycles. The summed E-state index contributed by atoms with van der Waals surface area (Å²) in [5.74, 6) is -6.88. The Hall–Kier alpha value is -8.79. The molecule has 31 nitrogen and oxygen atoms in total. The number of ether oxygens (including phenoxy) is 6. The Morgan fingerprint density at radius 3 is 2.26 bits per heavy atom. The third kappa shape index (κ3) is 13.2. The molecule has 4 aliphatic rings. The van der Waals surface area contributed by atoms with Gasteiger partial charge in [0.15, 0.2) is 18.1 Å². The van der Waals surface area contributed by atoms with Gasteiger partial charge >= 0.3 is 11.9 Å². The number of amides is 5. The lowest BCUT2D eigenvalue weighted by Crippen LogP contribution is -2.62. The summed E-state index contributed by atoms with van der Waals surface area (Å²) in [4.78, 5) is 132. The van der Waals surface area contributed by atoms with Crippen LogP contribution < -0.4 is 26.6 Å². The van der Waals surface area contributed by atoms with Crippen molar-refractivity contribution in [3.63, 3.8) is 0 Å². The first-order chi connectivity index (χ1) is 45.9. The molecule has 0 aliphatic carbocycles. The molecule has 10 N–H and O–H groups in total. The van der Waals surface area contributed by atoms with Crippen LogP contribution in [0.1, 0.15) is 125 Å². The minimum atomic E-state index is -1.91. The monoisotopic (exact) mass is 1410 g/mol. The lowest BCUT2D eigenvalue weighted by molar-refractivity contribution is -0.280. The number of esters is 2. The van der Waals surface area contributed by atoms with E-state index in [-0.39, 0.29) is 118 Å². The van der Waals surface area contributed by atoms with Crippen LogP contribution in [-0.2, 0) is 51.2 Å². The maximum atomic E-state index is 15.2. The average molecular weight is 1410 g/mol. The van der Waals surface area contributed by atoms with Crippen molar-refractivity contribution in [3.8, 4) is 38.4 Å². The van der Waals surface area contributed by atoms with Crippen LogP contribution in [0.2, 0.25) is 0 Å². The van der Waals surface area contributed by atoms with Crippen molar-refractivity contribution in [2.45, 2.75) is 108 Å². The van der Waals surface area contributed by atoms with E-state index in [2.05, 4.69) is 41.5 Å². The fraction of sp³-hybridized carbons (Fsp3) is 0.383. The number of aromatic hydroxyl groups is 1. The largest absolute Gasteiger partial charge is 0.506 e. The highest BCUT2D eigenvalue weighted by atomic mass is 32.1. The highest BCUT2D eigenvalue weighted by Crippen LogP contribution is 2.43. The fourth-order valence-corrected chi connectivity index (χ4v) is 15.9. The van der Waals surface area contributed by atoms with Crippen molar-refractivity contribution in [2.75, 3.05) is 41.0 Å². The molecule has 5 amide bonds. The molecule has 0 radical (unpaired) electrons. The number of cyclic esters (lactones) is 2. The van der Waals surface area contributed by atoms with E-state index in [9.17, 15) is 44.8 Å². The van der Waals surface area contributed by atoms with Crippen LogP contribution in [0.15, 0.2) is 56.9 Å². The van der Waals surface area contributed by atoms with Gasteiger partial charge in [0, 0.05) is 56.4 Å². The first-order valence-electron chi connectivity index (χ1n) is 29.5. The van der Waals surface area contributed by atoms with Crippen molar-refractivity contribution < 1.29 is 87.6 Å². The lowest BCUT2D eigenvalue weighted by atomic mass is 9.85. The van der Waals surface area contributed by atoms with Crippen molar-refractivity contribution in [1.29, 1.82) is 0 Å². The molecule has 1 saturated heterocycles. The smallest absolute Gasteiger partial charge is 0.358 e. The van der Waals surface area contributed by atoms with Crippen LogP contribution in [0.4, 0.5) is 0 Å². The second-order valence-corrected chi connectivity index (χ2v) is 27.4. The molecule has 12 bridgehead atoms. The molecule has 12 rings (SSSR count). The summed E-state index contributed by atoms with van der Waals surface area (Å²) in [7, 11) is 4.85. The Balaban J connectivity index is 1.04. The Bertz CT molecular complexity index is 4420. The fourth-order valence-electron chi connectivity index (χ4n) is 11.7. The molecule has 8 aromatic rings. The Morgan fingerprint density at radius 1 is 0.854 bits per heavy atom. The van der Waals surface area contributed by atoms with E-state index < -0.39 is 133 Å². The quantitative estimate of drug-likeness (QED) is 0.0557. The highest BCUT2D eigenvalue weighted by Gasteiger charge is 2.50. The van der Waals surface area contributed by atoms with Gasteiger partial charge in [-0.3, -0.25) is 24.0 Å². The van der Waals surface area contributed by atoms with Gasteiger partial charge in [-0.1, -0.05) is 12.1 Å². The number of carbonyl (C=O) groups is 7. The molecule has 4 aliphatic heterocycles. The second-order valence-electron chi connectivity index (χ2n) is 23.0. The third-order valence-corrected chi connectivity index (χ3v) is 20.6. The van der Waals surface area contributed by atoms with Gasteiger partial charge in [-0.25, -0.2) is 39.5 Å². The number of nitrogens with zero attached hydrogens (tertiary/aromatic N) is 8. The topological polar surface area (TPSA) is 422 Å². The average Bonchev–Trinajstić information content (AvgIpc) is 1.56. The zero-order valence-electron chi connectivity index (χ0n) is 51.8. The molecule has 7 aromatic heterocycles. The lowest BCUT2D eigenvalue weighted by Gasteiger charge is -2.48. The van der Waals surface area contributed by atoms with Gasteiger partial charge in [-0.2, -0.15) is 4.73 Å². The number of hydrogen-bond acceptors (Lipinski definition) is 30. The van der Waals surface area contributed by atoms with E-state index in [1.54, 1.807) is 50.4 Å². The summed E-state index contributed by atoms with van der Waals surface area (Å²) < 4.78 is 38.2. The number of fused-ring (bicyclic) bond motifs is 15. The zero-order chi connectivity index (χ0) is 68.2.